The third-order valence-electron chi connectivity index (χ3n) is 17.2. The van der Waals surface area contributed by atoms with E-state index in [1.807, 2.05) is 6.07 Å². The summed E-state index contributed by atoms with van der Waals surface area (Å²) in [5.74, 6) is 0. The van der Waals surface area contributed by atoms with Gasteiger partial charge in [-0.25, -0.2) is 0 Å². The second-order valence-electron chi connectivity index (χ2n) is 25.8. The molecule has 0 spiro atoms. The lowest BCUT2D eigenvalue weighted by Crippen LogP contribution is -2.61. The number of fused-ring (bicyclic) bond motifs is 7. The van der Waals surface area contributed by atoms with Crippen LogP contribution in [0, 0.1) is 11.3 Å². The lowest BCUT2D eigenvalue weighted by atomic mass is 9.33. The SMILES string of the molecule is CC(C)(C)c1ccc(N2c3cc(N4c5ccc(C#N)cc5C5(C)CCCC45C)ccc3B3c4cc(C(C)(C)C)ccc4N(c4ccc(C(C)(C)C)cc4-c4ccccc4)c4cc(C(C)(C)C)cc2c43)cc1. The van der Waals surface area contributed by atoms with Crippen LogP contribution in [0.25, 0.3) is 11.1 Å². The van der Waals surface area contributed by atoms with E-state index in [1.165, 1.54) is 95.1 Å². The highest BCUT2D eigenvalue weighted by Crippen LogP contribution is 2.63. The maximum Gasteiger partial charge on any atom is 0.252 e. The molecule has 3 aliphatic heterocycles. The third-order valence-corrected chi connectivity index (χ3v) is 17.2. The van der Waals surface area contributed by atoms with Gasteiger partial charge >= 0.3 is 0 Å². The highest BCUT2D eigenvalue weighted by atomic mass is 15.3. The van der Waals surface area contributed by atoms with Crippen molar-refractivity contribution in [2.24, 2.45) is 0 Å². The van der Waals surface area contributed by atoms with Gasteiger partial charge in [0.2, 0.25) is 0 Å². The van der Waals surface area contributed by atoms with Crippen molar-refractivity contribution >= 4 is 68.6 Å². The molecule has 1 saturated carbocycles. The summed E-state index contributed by atoms with van der Waals surface area (Å²) in [4.78, 5) is 7.89. The second kappa shape index (κ2) is 15.7. The summed E-state index contributed by atoms with van der Waals surface area (Å²) < 4.78 is 0. The van der Waals surface area contributed by atoms with Crippen LogP contribution >= 0.6 is 0 Å². The molecule has 4 nitrogen and oxygen atoms in total. The first-order chi connectivity index (χ1) is 33.4. The monoisotopic (exact) mass is 931 g/mol. The lowest BCUT2D eigenvalue weighted by Gasteiger charge is -2.47. The number of nitriles is 1. The van der Waals surface area contributed by atoms with Crippen LogP contribution in [0.1, 0.15) is 150 Å². The van der Waals surface area contributed by atoms with Crippen LogP contribution in [-0.2, 0) is 27.1 Å². The number of nitrogens with zero attached hydrogens (tertiary/aromatic N) is 4. The molecule has 0 N–H and O–H groups in total. The van der Waals surface area contributed by atoms with Crippen LogP contribution in [0.3, 0.4) is 0 Å². The molecule has 358 valence electrons. The Morgan fingerprint density at radius 3 is 1.69 bits per heavy atom. The molecule has 11 rings (SSSR count). The van der Waals surface area contributed by atoms with E-state index < -0.39 is 0 Å². The van der Waals surface area contributed by atoms with Crippen molar-refractivity contribution in [3.63, 3.8) is 0 Å². The number of anilines is 8. The molecular formula is C66H71BN4. The summed E-state index contributed by atoms with van der Waals surface area (Å²) >= 11 is 0. The number of hydrogen-bond donors (Lipinski definition) is 0. The summed E-state index contributed by atoms with van der Waals surface area (Å²) in [5.41, 5.74) is 22.9. The zero-order valence-corrected chi connectivity index (χ0v) is 44.8. The predicted octanol–water partition coefficient (Wildman–Crippen LogP) is 15.8. The molecule has 71 heavy (non-hydrogen) atoms. The summed E-state index contributed by atoms with van der Waals surface area (Å²) in [6.07, 6.45) is 3.33. The Labute approximate surface area is 425 Å². The van der Waals surface area contributed by atoms with Crippen molar-refractivity contribution in [1.29, 1.82) is 5.26 Å². The topological polar surface area (TPSA) is 33.5 Å². The molecule has 1 fully saturated rings. The Morgan fingerprint density at radius 2 is 1.06 bits per heavy atom. The fourth-order valence-electron chi connectivity index (χ4n) is 12.8. The second-order valence-corrected chi connectivity index (χ2v) is 25.8. The van der Waals surface area contributed by atoms with E-state index in [9.17, 15) is 5.26 Å². The van der Waals surface area contributed by atoms with Crippen LogP contribution in [0.4, 0.5) is 45.5 Å². The molecule has 0 amide bonds. The molecule has 0 saturated heterocycles. The lowest BCUT2D eigenvalue weighted by molar-refractivity contribution is 0.330. The van der Waals surface area contributed by atoms with Gasteiger partial charge in [0, 0.05) is 50.8 Å². The Bertz CT molecular complexity index is 3330. The normalized spacial score (nSPS) is 19.2. The smallest absolute Gasteiger partial charge is 0.252 e. The average Bonchev–Trinajstić information content (AvgIpc) is 3.73. The summed E-state index contributed by atoms with van der Waals surface area (Å²) in [6.45, 7) is 32.9. The van der Waals surface area contributed by atoms with Crippen molar-refractivity contribution < 1.29 is 0 Å². The fourth-order valence-corrected chi connectivity index (χ4v) is 12.8. The maximum absolute atomic E-state index is 10.1. The molecule has 0 aromatic heterocycles. The summed E-state index contributed by atoms with van der Waals surface area (Å²) in [5, 5.41) is 10.1. The quantitative estimate of drug-likeness (QED) is 0.165. The molecular weight excluding hydrogens is 860 g/mol. The Kier molecular flexibility index (Phi) is 10.4. The standard InChI is InChI=1S/C66H71BN4/c1-61(2,3)44-22-26-48(27-23-44)69-57-40-49(71-55-30-21-42(41-68)35-51(55)65(13)33-18-34-66(65,71)14)28-29-52(57)67-53-37-46(63(7,8)9)25-32-56(53)70(59-39-47(64(10,11)12)38-58(69)60(59)67)54-31-24-45(62(4,5)6)36-50(54)43-19-16-15-17-20-43/h15-17,19-32,35-40H,18,33-34H2,1-14H3. The molecule has 7 aromatic rings. The van der Waals surface area contributed by atoms with Crippen LogP contribution < -0.4 is 31.1 Å². The minimum absolute atomic E-state index is 0.00776. The average molecular weight is 931 g/mol. The van der Waals surface area contributed by atoms with Crippen LogP contribution in [0.15, 0.2) is 140 Å². The highest BCUT2D eigenvalue weighted by molar-refractivity contribution is 7.00. The van der Waals surface area contributed by atoms with E-state index in [0.29, 0.717) is 0 Å². The Morgan fingerprint density at radius 1 is 0.479 bits per heavy atom. The molecule has 5 heteroatoms. The molecule has 1 aliphatic carbocycles. The van der Waals surface area contributed by atoms with E-state index in [-0.39, 0.29) is 39.3 Å². The van der Waals surface area contributed by atoms with Crippen molar-refractivity contribution in [2.45, 2.75) is 149 Å². The largest absolute Gasteiger partial charge is 0.334 e. The van der Waals surface area contributed by atoms with E-state index in [1.54, 1.807) is 0 Å². The molecule has 2 atom stereocenters. The van der Waals surface area contributed by atoms with Gasteiger partial charge in [-0.05, 0) is 164 Å². The Hall–Kier alpha value is -6.51. The molecule has 4 aliphatic rings. The van der Waals surface area contributed by atoms with Gasteiger partial charge in [0.05, 0.1) is 22.9 Å². The number of benzene rings is 7. The number of rotatable bonds is 4. The van der Waals surface area contributed by atoms with Crippen molar-refractivity contribution in [3.05, 3.63) is 173 Å². The highest BCUT2D eigenvalue weighted by Gasteiger charge is 2.59. The molecule has 0 radical (unpaired) electrons. The molecule has 0 bridgehead atoms. The van der Waals surface area contributed by atoms with E-state index in [2.05, 4.69) is 251 Å². The fraction of sp³-hybridized carbons (Fsp3) is 0.348. The summed E-state index contributed by atoms with van der Waals surface area (Å²) in [7, 11) is 0. The van der Waals surface area contributed by atoms with Gasteiger partial charge in [-0.15, -0.1) is 0 Å². The first-order valence-corrected chi connectivity index (χ1v) is 26.1. The molecule has 3 heterocycles. The number of hydrogen-bond acceptors (Lipinski definition) is 4. The van der Waals surface area contributed by atoms with E-state index in [4.69, 9.17) is 0 Å². The van der Waals surface area contributed by atoms with Gasteiger partial charge < -0.3 is 14.7 Å². The van der Waals surface area contributed by atoms with Gasteiger partial charge in [0.1, 0.15) is 0 Å². The minimum atomic E-state index is -0.158. The first kappa shape index (κ1) is 46.9. The van der Waals surface area contributed by atoms with Crippen LogP contribution in [0.5, 0.6) is 0 Å². The third kappa shape index (κ3) is 7.21. The Balaban J connectivity index is 1.24. The zero-order valence-electron chi connectivity index (χ0n) is 44.8. The van der Waals surface area contributed by atoms with Crippen molar-refractivity contribution in [1.82, 2.24) is 0 Å². The first-order valence-electron chi connectivity index (χ1n) is 26.1. The molecule has 7 aromatic carbocycles. The zero-order chi connectivity index (χ0) is 50.4. The van der Waals surface area contributed by atoms with Gasteiger partial charge in [-0.1, -0.05) is 163 Å². The maximum atomic E-state index is 10.1. The van der Waals surface area contributed by atoms with Crippen molar-refractivity contribution in [3.8, 4) is 17.2 Å². The van der Waals surface area contributed by atoms with Gasteiger partial charge in [-0.3, -0.25) is 0 Å². The van der Waals surface area contributed by atoms with Crippen LogP contribution in [-0.4, -0.2) is 12.3 Å². The van der Waals surface area contributed by atoms with Gasteiger partial charge in [-0.2, -0.15) is 5.26 Å². The minimum Gasteiger partial charge on any atom is -0.334 e. The van der Waals surface area contributed by atoms with Gasteiger partial charge in [0.25, 0.3) is 6.71 Å². The summed E-state index contributed by atoms with van der Waals surface area (Å²) in [6, 6.07) is 56.4. The van der Waals surface area contributed by atoms with Gasteiger partial charge in [0.15, 0.2) is 0 Å². The van der Waals surface area contributed by atoms with E-state index in [0.717, 1.165) is 30.5 Å². The van der Waals surface area contributed by atoms with E-state index >= 15 is 0 Å². The van der Waals surface area contributed by atoms with Crippen molar-refractivity contribution in [2.75, 3.05) is 14.7 Å². The van der Waals surface area contributed by atoms with Crippen LogP contribution in [0.2, 0.25) is 0 Å². The predicted molar refractivity (Wildman–Crippen MR) is 304 cm³/mol. The molecule has 2 unspecified atom stereocenters.